The third-order valence-electron chi connectivity index (χ3n) is 8.06. The second-order valence-corrected chi connectivity index (χ2v) is 12.7. The molecule has 9 heteroatoms. The van der Waals surface area contributed by atoms with E-state index in [0.29, 0.717) is 19.4 Å². The van der Waals surface area contributed by atoms with Gasteiger partial charge in [-0.2, -0.15) is 5.26 Å². The lowest BCUT2D eigenvalue weighted by Gasteiger charge is -2.39. The van der Waals surface area contributed by atoms with Gasteiger partial charge in [0.25, 0.3) is 0 Å². The number of carbonyl (C=O) groups excluding carboxylic acids is 1. The molecule has 5 nitrogen and oxygen atoms in total. The van der Waals surface area contributed by atoms with Gasteiger partial charge in [0.15, 0.2) is 0 Å². The van der Waals surface area contributed by atoms with Gasteiger partial charge in [-0.15, -0.1) is 0 Å². The fourth-order valence-electron chi connectivity index (χ4n) is 6.37. The number of benzene rings is 2. The van der Waals surface area contributed by atoms with Crippen molar-refractivity contribution in [3.05, 3.63) is 69.2 Å². The van der Waals surface area contributed by atoms with Crippen molar-refractivity contribution in [1.82, 2.24) is 4.90 Å². The molecule has 0 amide bonds. The normalized spacial score (nSPS) is 28.8. The van der Waals surface area contributed by atoms with Crippen LogP contribution < -0.4 is 0 Å². The first kappa shape index (κ1) is 29.7. The highest BCUT2D eigenvalue weighted by Gasteiger charge is 2.64. The molecular weight excluding hydrogens is 545 g/mol. The van der Waals surface area contributed by atoms with Gasteiger partial charge in [0.05, 0.1) is 30.2 Å². The number of ether oxygens (including phenoxy) is 1. The Hall–Kier alpha value is -2.24. The van der Waals surface area contributed by atoms with Crippen molar-refractivity contribution < 1.29 is 23.4 Å². The van der Waals surface area contributed by atoms with E-state index in [9.17, 15) is 15.2 Å². The molecule has 0 spiro atoms. The second kappa shape index (κ2) is 11.3. The van der Waals surface area contributed by atoms with Gasteiger partial charge in [-0.25, -0.2) is 8.78 Å². The zero-order chi connectivity index (χ0) is 28.7. The number of aliphatic hydroxyl groups is 1. The van der Waals surface area contributed by atoms with Gasteiger partial charge in [-0.05, 0) is 54.9 Å². The van der Waals surface area contributed by atoms with Crippen LogP contribution in [-0.2, 0) is 14.9 Å². The average molecular weight is 580 g/mol. The van der Waals surface area contributed by atoms with Gasteiger partial charge < -0.3 is 9.84 Å². The van der Waals surface area contributed by atoms with E-state index in [1.165, 1.54) is 18.2 Å². The Bertz CT molecular complexity index is 1280. The van der Waals surface area contributed by atoms with E-state index >= 15 is 8.78 Å². The van der Waals surface area contributed by atoms with E-state index in [1.807, 2.05) is 25.7 Å². The summed E-state index contributed by atoms with van der Waals surface area (Å²) in [6.45, 7) is 8.05. The van der Waals surface area contributed by atoms with Crippen molar-refractivity contribution in [2.45, 2.75) is 64.0 Å². The van der Waals surface area contributed by atoms with Gasteiger partial charge in [0.2, 0.25) is 0 Å². The summed E-state index contributed by atoms with van der Waals surface area (Å²) in [5.41, 5.74) is -1.70. The SMILES string of the molecule is CCOC(=O)C1CC1CN1C(CO)C(c2cccc(Cl)c2F)C(C#N)(c2ccc(Cl)cc2F)C1CC(C)(C)C. The average Bonchev–Trinajstić information content (AvgIpc) is 3.59. The topological polar surface area (TPSA) is 73.6 Å². The summed E-state index contributed by atoms with van der Waals surface area (Å²) in [5.74, 6) is -2.97. The third-order valence-corrected chi connectivity index (χ3v) is 8.58. The summed E-state index contributed by atoms with van der Waals surface area (Å²) in [6.07, 6.45) is 1.05. The molecule has 2 fully saturated rings. The number of halogens is 4. The van der Waals surface area contributed by atoms with Crippen LogP contribution in [0, 0.1) is 40.2 Å². The molecule has 2 aromatic rings. The minimum absolute atomic E-state index is 0.0602. The second-order valence-electron chi connectivity index (χ2n) is 11.8. The first-order valence-corrected chi connectivity index (χ1v) is 14.0. The number of aliphatic hydroxyl groups excluding tert-OH is 1. The van der Waals surface area contributed by atoms with E-state index in [2.05, 4.69) is 6.07 Å². The highest BCUT2D eigenvalue weighted by Crippen LogP contribution is 2.57. The number of hydrogen-bond acceptors (Lipinski definition) is 5. The molecule has 2 aromatic carbocycles. The Morgan fingerprint density at radius 1 is 1.26 bits per heavy atom. The largest absolute Gasteiger partial charge is 0.466 e. The van der Waals surface area contributed by atoms with Crippen LogP contribution in [0.4, 0.5) is 8.78 Å². The molecule has 0 radical (unpaired) electrons. The highest BCUT2D eigenvalue weighted by molar-refractivity contribution is 6.31. The van der Waals surface area contributed by atoms with E-state index in [-0.39, 0.29) is 51.0 Å². The molecule has 39 heavy (non-hydrogen) atoms. The molecule has 2 aliphatic rings. The number of hydrogen-bond donors (Lipinski definition) is 1. The van der Waals surface area contributed by atoms with Gasteiger partial charge in [0, 0.05) is 35.1 Å². The van der Waals surface area contributed by atoms with Crippen LogP contribution in [0.3, 0.4) is 0 Å². The molecule has 210 valence electrons. The van der Waals surface area contributed by atoms with Crippen molar-refractivity contribution in [1.29, 1.82) is 5.26 Å². The van der Waals surface area contributed by atoms with Crippen LogP contribution in [0.5, 0.6) is 0 Å². The summed E-state index contributed by atoms with van der Waals surface area (Å²) in [4.78, 5) is 14.4. The minimum Gasteiger partial charge on any atom is -0.466 e. The van der Waals surface area contributed by atoms with Crippen LogP contribution in [0.25, 0.3) is 0 Å². The van der Waals surface area contributed by atoms with Gasteiger partial charge >= 0.3 is 5.97 Å². The monoisotopic (exact) mass is 578 g/mol. The molecule has 6 unspecified atom stereocenters. The maximum Gasteiger partial charge on any atom is 0.309 e. The van der Waals surface area contributed by atoms with E-state index < -0.39 is 41.7 Å². The van der Waals surface area contributed by atoms with E-state index in [4.69, 9.17) is 27.9 Å². The van der Waals surface area contributed by atoms with Crippen LogP contribution in [0.15, 0.2) is 36.4 Å². The zero-order valence-corrected chi connectivity index (χ0v) is 24.1. The first-order chi connectivity index (χ1) is 18.4. The Morgan fingerprint density at radius 2 is 1.97 bits per heavy atom. The number of likely N-dealkylation sites (tertiary alicyclic amines) is 1. The van der Waals surface area contributed by atoms with Crippen LogP contribution in [-0.4, -0.2) is 47.8 Å². The quantitative estimate of drug-likeness (QED) is 0.362. The summed E-state index contributed by atoms with van der Waals surface area (Å²) in [5, 5.41) is 21.9. The Kier molecular flexibility index (Phi) is 8.64. The molecule has 1 saturated heterocycles. The molecule has 1 aliphatic heterocycles. The standard InChI is InChI=1S/C30H34Cl2F2N2O3/c1-5-39-28(38)20-11-17(20)14-36-24(15-37)26(19-7-6-8-22(32)27(19)34)30(16-35,25(36)13-29(2,3)4)21-10-9-18(31)12-23(21)33/h6-10,12,17,20,24-26,37H,5,11,13-15H2,1-4H3. The summed E-state index contributed by atoms with van der Waals surface area (Å²) in [7, 11) is 0. The summed E-state index contributed by atoms with van der Waals surface area (Å²) >= 11 is 12.3. The minimum atomic E-state index is -1.60. The van der Waals surface area contributed by atoms with E-state index in [1.54, 1.807) is 19.1 Å². The lowest BCUT2D eigenvalue weighted by atomic mass is 9.62. The molecule has 6 atom stereocenters. The smallest absolute Gasteiger partial charge is 0.309 e. The van der Waals surface area contributed by atoms with Crippen molar-refractivity contribution in [3.63, 3.8) is 0 Å². The lowest BCUT2D eigenvalue weighted by Crippen LogP contribution is -2.47. The number of rotatable bonds is 8. The van der Waals surface area contributed by atoms with Gasteiger partial charge in [-0.3, -0.25) is 9.69 Å². The molecule has 1 saturated carbocycles. The first-order valence-electron chi connectivity index (χ1n) is 13.2. The Labute approximate surface area is 238 Å². The van der Waals surface area contributed by atoms with Crippen molar-refractivity contribution in [3.8, 4) is 6.07 Å². The molecule has 1 aliphatic carbocycles. The van der Waals surface area contributed by atoms with Gasteiger partial charge in [0.1, 0.15) is 17.0 Å². The lowest BCUT2D eigenvalue weighted by molar-refractivity contribution is -0.145. The van der Waals surface area contributed by atoms with Crippen molar-refractivity contribution >= 4 is 29.2 Å². The number of nitriles is 1. The maximum atomic E-state index is 15.8. The van der Waals surface area contributed by atoms with Crippen LogP contribution >= 0.6 is 23.2 Å². The molecule has 4 rings (SSSR count). The molecule has 1 N–H and O–H groups in total. The third kappa shape index (κ3) is 5.54. The molecular formula is C30H34Cl2F2N2O3. The highest BCUT2D eigenvalue weighted by atomic mass is 35.5. The Balaban J connectivity index is 1.95. The fraction of sp³-hybridized carbons (Fsp3) is 0.533. The number of esters is 1. The molecule has 0 bridgehead atoms. The predicted octanol–water partition coefficient (Wildman–Crippen LogP) is 6.50. The molecule has 1 heterocycles. The maximum absolute atomic E-state index is 15.8. The summed E-state index contributed by atoms with van der Waals surface area (Å²) < 4.78 is 36.7. The van der Waals surface area contributed by atoms with Crippen molar-refractivity contribution in [2.75, 3.05) is 19.8 Å². The summed E-state index contributed by atoms with van der Waals surface area (Å²) in [6, 6.07) is 9.78. The predicted molar refractivity (Wildman–Crippen MR) is 147 cm³/mol. The number of nitrogens with zero attached hydrogens (tertiary/aromatic N) is 2. The van der Waals surface area contributed by atoms with Crippen molar-refractivity contribution in [2.24, 2.45) is 17.3 Å². The van der Waals surface area contributed by atoms with Gasteiger partial charge in [-0.1, -0.05) is 62.2 Å². The fourth-order valence-corrected chi connectivity index (χ4v) is 6.71. The van der Waals surface area contributed by atoms with Crippen LogP contribution in [0.2, 0.25) is 10.0 Å². The zero-order valence-electron chi connectivity index (χ0n) is 22.6. The van der Waals surface area contributed by atoms with Crippen LogP contribution in [0.1, 0.15) is 57.6 Å². The molecule has 0 aromatic heterocycles. The number of carbonyl (C=O) groups is 1. The Morgan fingerprint density at radius 3 is 2.56 bits per heavy atom. The van der Waals surface area contributed by atoms with E-state index in [0.717, 1.165) is 6.07 Å².